The van der Waals surface area contributed by atoms with Gasteiger partial charge in [-0.25, -0.2) is 18.2 Å². The first-order chi connectivity index (χ1) is 18.8. The highest BCUT2D eigenvalue weighted by molar-refractivity contribution is 6.05. The average Bonchev–Trinajstić information content (AvgIpc) is 3.23. The lowest BCUT2D eigenvalue weighted by Crippen LogP contribution is -2.47. The number of hydrogen-bond acceptors (Lipinski definition) is 7. The molecule has 8 nitrogen and oxygen atoms in total. The predicted octanol–water partition coefficient (Wildman–Crippen LogP) is 4.19. The lowest BCUT2D eigenvalue weighted by Gasteiger charge is -2.38. The van der Waals surface area contributed by atoms with Crippen molar-refractivity contribution in [3.63, 3.8) is 0 Å². The fourth-order valence-electron chi connectivity index (χ4n) is 5.63. The Labute approximate surface area is 230 Å². The first-order valence-electron chi connectivity index (χ1n) is 13.2. The van der Waals surface area contributed by atoms with Crippen LogP contribution in [-0.4, -0.2) is 45.2 Å². The molecule has 3 heterocycles. The number of carbonyl (C=O) groups excluding carboxylic acids is 1. The lowest BCUT2D eigenvalue weighted by atomic mass is 9.95. The minimum atomic E-state index is -1.53. The third kappa shape index (κ3) is 5.28. The van der Waals surface area contributed by atoms with Gasteiger partial charge in [0.25, 0.3) is 5.91 Å². The normalized spacial score (nSPS) is 20.9. The summed E-state index contributed by atoms with van der Waals surface area (Å²) in [7, 11) is 0. The number of halogens is 3. The molecule has 0 spiro atoms. The molecule has 5 N–H and O–H groups in total. The van der Waals surface area contributed by atoms with E-state index in [2.05, 4.69) is 27.1 Å². The van der Waals surface area contributed by atoms with Crippen molar-refractivity contribution in [1.82, 2.24) is 9.97 Å². The van der Waals surface area contributed by atoms with E-state index < -0.39 is 46.3 Å². The first-order valence-corrected chi connectivity index (χ1v) is 13.2. The molecule has 0 unspecified atom stereocenters. The quantitative estimate of drug-likeness (QED) is 0.372. The van der Waals surface area contributed by atoms with Crippen LogP contribution < -0.4 is 16.0 Å². The van der Waals surface area contributed by atoms with Crippen molar-refractivity contribution in [1.29, 1.82) is 0 Å². The number of carbonyl (C=O) groups is 1. The van der Waals surface area contributed by atoms with Crippen LogP contribution in [-0.2, 0) is 12.0 Å². The average molecular weight is 556 g/mol. The number of piperidine rings is 1. The zero-order valence-corrected chi connectivity index (χ0v) is 22.5. The molecule has 1 fully saturated rings. The molecule has 1 aliphatic carbocycles. The van der Waals surface area contributed by atoms with E-state index in [9.17, 15) is 28.2 Å². The number of nitrogens with one attached hydrogen (secondary N) is 1. The summed E-state index contributed by atoms with van der Waals surface area (Å²) in [5.74, 6) is -3.70. The molecule has 1 saturated heterocycles. The van der Waals surface area contributed by atoms with E-state index in [1.54, 1.807) is 0 Å². The van der Waals surface area contributed by atoms with E-state index in [0.717, 1.165) is 41.9 Å². The Kier molecular flexibility index (Phi) is 7.32. The van der Waals surface area contributed by atoms with Gasteiger partial charge < -0.3 is 26.2 Å². The van der Waals surface area contributed by atoms with Crippen molar-refractivity contribution in [3.05, 3.63) is 70.4 Å². The highest BCUT2D eigenvalue weighted by Crippen LogP contribution is 2.42. The van der Waals surface area contributed by atoms with Crippen molar-refractivity contribution in [2.24, 2.45) is 11.7 Å². The van der Waals surface area contributed by atoms with Gasteiger partial charge in [-0.3, -0.25) is 9.78 Å². The second kappa shape index (κ2) is 10.5. The topological polar surface area (TPSA) is 125 Å². The maximum absolute atomic E-state index is 15.0. The van der Waals surface area contributed by atoms with Gasteiger partial charge in [0.2, 0.25) is 0 Å². The second-order valence-corrected chi connectivity index (χ2v) is 11.3. The highest BCUT2D eigenvalue weighted by atomic mass is 19.1. The Morgan fingerprint density at radius 2 is 1.85 bits per heavy atom. The summed E-state index contributed by atoms with van der Waals surface area (Å²) < 4.78 is 44.7. The maximum Gasteiger partial charge on any atom is 0.274 e. The minimum Gasteiger partial charge on any atom is -0.387 e. The van der Waals surface area contributed by atoms with Gasteiger partial charge in [-0.05, 0) is 68.9 Å². The molecular weight excluding hydrogens is 523 g/mol. The number of hydrogen-bond donors (Lipinski definition) is 4. The number of fused-ring (bicyclic) bond motifs is 1. The van der Waals surface area contributed by atoms with Crippen molar-refractivity contribution in [2.45, 2.75) is 57.8 Å². The van der Waals surface area contributed by atoms with E-state index in [4.69, 9.17) is 5.73 Å². The lowest BCUT2D eigenvalue weighted by molar-refractivity contribution is 0.0778. The van der Waals surface area contributed by atoms with Crippen molar-refractivity contribution in [2.75, 3.05) is 23.3 Å². The molecule has 0 saturated carbocycles. The maximum atomic E-state index is 15.0. The Morgan fingerprint density at radius 1 is 1.15 bits per heavy atom. The van der Waals surface area contributed by atoms with Crippen molar-refractivity contribution >= 4 is 17.3 Å². The van der Waals surface area contributed by atoms with Gasteiger partial charge >= 0.3 is 0 Å². The van der Waals surface area contributed by atoms with Gasteiger partial charge in [0.05, 0.1) is 40.5 Å². The van der Waals surface area contributed by atoms with Crippen LogP contribution in [0.2, 0.25) is 0 Å². The van der Waals surface area contributed by atoms with E-state index in [-0.39, 0.29) is 17.3 Å². The number of benzene rings is 1. The number of aromatic nitrogens is 2. The van der Waals surface area contributed by atoms with Crippen LogP contribution in [0.5, 0.6) is 0 Å². The number of aliphatic hydroxyl groups is 2. The Bertz CT molecular complexity index is 1440. The number of aliphatic hydroxyl groups excluding tert-OH is 1. The third-order valence-corrected chi connectivity index (χ3v) is 7.49. The van der Waals surface area contributed by atoms with Crippen LogP contribution in [0.3, 0.4) is 0 Å². The molecule has 0 bridgehead atoms. The van der Waals surface area contributed by atoms with E-state index in [1.165, 1.54) is 20.0 Å². The number of amides is 1. The molecule has 5 rings (SSSR count). The van der Waals surface area contributed by atoms with Gasteiger partial charge in [-0.15, -0.1) is 0 Å². The fraction of sp³-hybridized carbons (Fsp3) is 0.414. The van der Waals surface area contributed by atoms with Gasteiger partial charge in [0.15, 0.2) is 0 Å². The number of nitrogens with zero attached hydrogens (tertiary/aromatic N) is 3. The smallest absolute Gasteiger partial charge is 0.274 e. The number of nitrogens with two attached hydrogens (primary N) is 1. The molecule has 1 aliphatic heterocycles. The molecule has 3 aromatic rings. The van der Waals surface area contributed by atoms with Crippen LogP contribution in [0.15, 0.2) is 30.5 Å². The summed E-state index contributed by atoms with van der Waals surface area (Å²) in [5.41, 5.74) is 5.54. The summed E-state index contributed by atoms with van der Waals surface area (Å²) in [6.07, 6.45) is 2.70. The molecule has 1 amide bonds. The standard InChI is InChI=1S/C29H32F3N5O3/c1-14-8-16(33)13-37(12-14)27-17-4-7-23(38)25(17)34-11-22(27)36-28(39)21-6-5-18(30)26(35-21)24-19(31)9-15(10-20(24)32)29(2,3)40/h5-6,9-11,14,16,23,38,40H,4,7-8,12-13,33H2,1-3H3,(H,36,39)/t14-,16+,23+/m1/s1. The van der Waals surface area contributed by atoms with Gasteiger partial charge in [-0.1, -0.05) is 6.92 Å². The van der Waals surface area contributed by atoms with E-state index in [1.807, 2.05) is 0 Å². The number of rotatable bonds is 5. The molecule has 2 aliphatic rings. The Morgan fingerprint density at radius 3 is 2.50 bits per heavy atom. The summed E-state index contributed by atoms with van der Waals surface area (Å²) in [6.45, 7) is 6.08. The number of anilines is 2. The van der Waals surface area contributed by atoms with Crippen molar-refractivity contribution < 1.29 is 28.2 Å². The monoisotopic (exact) mass is 555 g/mol. The van der Waals surface area contributed by atoms with E-state index in [0.29, 0.717) is 43.2 Å². The zero-order chi connectivity index (χ0) is 28.9. The first kappa shape index (κ1) is 28.0. The SMILES string of the molecule is C[C@@H]1C[C@H](N)CN(c2c(NC(=O)c3ccc(F)c(-c4c(F)cc(C(C)(C)O)cc4F)n3)cnc3c2CC[C@@H]3O)C1. The molecular formula is C29H32F3N5O3. The van der Waals surface area contributed by atoms with E-state index >= 15 is 0 Å². The molecule has 11 heteroatoms. The van der Waals surface area contributed by atoms with Crippen LogP contribution in [0.4, 0.5) is 24.5 Å². The second-order valence-electron chi connectivity index (χ2n) is 11.3. The molecule has 1 aromatic carbocycles. The fourth-order valence-corrected chi connectivity index (χ4v) is 5.63. The largest absolute Gasteiger partial charge is 0.387 e. The van der Waals surface area contributed by atoms with Gasteiger partial charge in [0.1, 0.15) is 28.8 Å². The summed E-state index contributed by atoms with van der Waals surface area (Å²) >= 11 is 0. The van der Waals surface area contributed by atoms with Crippen LogP contribution in [0.1, 0.15) is 67.0 Å². The summed E-state index contributed by atoms with van der Waals surface area (Å²) in [4.78, 5) is 23.8. The number of pyridine rings is 2. The van der Waals surface area contributed by atoms with Crippen LogP contribution in [0, 0.1) is 23.4 Å². The molecule has 3 atom stereocenters. The zero-order valence-electron chi connectivity index (χ0n) is 22.5. The molecule has 0 radical (unpaired) electrons. The third-order valence-electron chi connectivity index (χ3n) is 7.49. The van der Waals surface area contributed by atoms with Crippen molar-refractivity contribution in [3.8, 4) is 11.3 Å². The van der Waals surface area contributed by atoms with Gasteiger partial charge in [0, 0.05) is 24.7 Å². The molecule has 212 valence electrons. The highest BCUT2D eigenvalue weighted by Gasteiger charge is 2.33. The van der Waals surface area contributed by atoms with Crippen LogP contribution >= 0.6 is 0 Å². The summed E-state index contributed by atoms with van der Waals surface area (Å²) in [5, 5.41) is 23.3. The minimum absolute atomic E-state index is 0.0333. The molecule has 40 heavy (non-hydrogen) atoms. The summed E-state index contributed by atoms with van der Waals surface area (Å²) in [6, 6.07) is 3.79. The van der Waals surface area contributed by atoms with Gasteiger partial charge in [-0.2, -0.15) is 0 Å². The van der Waals surface area contributed by atoms with Crippen LogP contribution in [0.25, 0.3) is 11.3 Å². The Hall–Kier alpha value is -3.54. The molecule has 2 aromatic heterocycles. The Balaban J connectivity index is 1.51. The predicted molar refractivity (Wildman–Crippen MR) is 144 cm³/mol.